The maximum atomic E-state index is 8.69. The molecule has 138 valence electrons. The van der Waals surface area contributed by atoms with Crippen molar-refractivity contribution < 1.29 is 14.2 Å². The molecular formula is C18H26BrN3O3. The Morgan fingerprint density at radius 1 is 1.12 bits per heavy atom. The molecule has 1 aromatic carbocycles. The molecule has 7 heteroatoms. The Morgan fingerprint density at radius 3 is 2.48 bits per heavy atom. The predicted molar refractivity (Wildman–Crippen MR) is 100 cm³/mol. The zero-order chi connectivity index (χ0) is 18.1. The standard InChI is InChI=1S/C18H26BrN3O3/c1-23-10-11-25-18-16(19)12-15(13-17(18)24-2)14-22-8-6-21(7-9-22)5-3-4-20/h12-13H,3,5-11,14H2,1-2H3. The van der Waals surface area contributed by atoms with Crippen LogP contribution >= 0.6 is 15.9 Å². The van der Waals surface area contributed by atoms with Gasteiger partial charge in [0.1, 0.15) is 6.61 Å². The highest BCUT2D eigenvalue weighted by Crippen LogP contribution is 2.37. The highest BCUT2D eigenvalue weighted by Gasteiger charge is 2.18. The lowest BCUT2D eigenvalue weighted by atomic mass is 10.1. The summed E-state index contributed by atoms with van der Waals surface area (Å²) in [7, 11) is 3.31. The lowest BCUT2D eigenvalue weighted by Gasteiger charge is -2.34. The Hall–Kier alpha value is -1.33. The summed E-state index contributed by atoms with van der Waals surface area (Å²) < 4.78 is 17.2. The minimum absolute atomic E-state index is 0.482. The van der Waals surface area contributed by atoms with Crippen molar-refractivity contribution in [1.82, 2.24) is 9.80 Å². The third-order valence-corrected chi connectivity index (χ3v) is 4.82. The number of halogens is 1. The fourth-order valence-electron chi connectivity index (χ4n) is 2.87. The number of hydrogen-bond donors (Lipinski definition) is 0. The molecule has 25 heavy (non-hydrogen) atoms. The molecule has 0 amide bonds. The molecule has 0 saturated carbocycles. The smallest absolute Gasteiger partial charge is 0.175 e. The topological polar surface area (TPSA) is 58.0 Å². The number of hydrogen-bond acceptors (Lipinski definition) is 6. The SMILES string of the molecule is COCCOc1c(Br)cc(CN2CCN(CCC#N)CC2)cc1OC. The average molecular weight is 412 g/mol. The van der Waals surface area contributed by atoms with Crippen molar-refractivity contribution in [3.05, 3.63) is 22.2 Å². The second-order valence-corrected chi connectivity index (χ2v) is 6.83. The lowest BCUT2D eigenvalue weighted by molar-refractivity contribution is 0.129. The van der Waals surface area contributed by atoms with Crippen LogP contribution in [-0.4, -0.2) is 70.0 Å². The molecule has 1 heterocycles. The number of nitriles is 1. The predicted octanol–water partition coefficient (Wildman–Crippen LogP) is 2.51. The minimum atomic E-state index is 0.482. The maximum Gasteiger partial charge on any atom is 0.175 e. The summed E-state index contributed by atoms with van der Waals surface area (Å²) in [6, 6.07) is 6.34. The number of rotatable bonds is 9. The Balaban J connectivity index is 1.94. The third kappa shape index (κ3) is 6.15. The Kier molecular flexibility index (Phi) is 8.49. The van der Waals surface area contributed by atoms with E-state index in [1.54, 1.807) is 14.2 Å². The van der Waals surface area contributed by atoms with Crippen molar-refractivity contribution in [2.75, 3.05) is 60.2 Å². The van der Waals surface area contributed by atoms with Gasteiger partial charge in [-0.25, -0.2) is 0 Å². The van der Waals surface area contributed by atoms with Crippen molar-refractivity contribution in [2.45, 2.75) is 13.0 Å². The molecule has 0 radical (unpaired) electrons. The number of benzene rings is 1. The van der Waals surface area contributed by atoms with Gasteiger partial charge in [0.2, 0.25) is 0 Å². The molecule has 0 atom stereocenters. The van der Waals surface area contributed by atoms with Crippen LogP contribution in [0, 0.1) is 11.3 Å². The van der Waals surface area contributed by atoms with Gasteiger partial charge < -0.3 is 14.2 Å². The zero-order valence-electron chi connectivity index (χ0n) is 15.0. The summed E-state index contributed by atoms with van der Waals surface area (Å²) in [5.74, 6) is 1.44. The first kappa shape index (κ1) is 20.0. The fraction of sp³-hybridized carbons (Fsp3) is 0.611. The van der Waals surface area contributed by atoms with E-state index in [9.17, 15) is 0 Å². The first-order chi connectivity index (χ1) is 12.2. The van der Waals surface area contributed by atoms with E-state index < -0.39 is 0 Å². The summed E-state index contributed by atoms with van der Waals surface area (Å²) >= 11 is 3.59. The average Bonchev–Trinajstić information content (AvgIpc) is 2.62. The van der Waals surface area contributed by atoms with E-state index >= 15 is 0 Å². The van der Waals surface area contributed by atoms with Gasteiger partial charge >= 0.3 is 0 Å². The lowest BCUT2D eigenvalue weighted by Crippen LogP contribution is -2.46. The van der Waals surface area contributed by atoms with Crippen LogP contribution < -0.4 is 9.47 Å². The quantitative estimate of drug-likeness (QED) is 0.581. The van der Waals surface area contributed by atoms with Crippen molar-refractivity contribution >= 4 is 15.9 Å². The normalized spacial score (nSPS) is 15.8. The van der Waals surface area contributed by atoms with Gasteiger partial charge in [-0.3, -0.25) is 9.80 Å². The Morgan fingerprint density at radius 2 is 1.84 bits per heavy atom. The van der Waals surface area contributed by atoms with Gasteiger partial charge in [-0.15, -0.1) is 0 Å². The van der Waals surface area contributed by atoms with E-state index in [1.807, 2.05) is 6.07 Å². The maximum absolute atomic E-state index is 8.69. The van der Waals surface area contributed by atoms with Crippen LogP contribution in [0.1, 0.15) is 12.0 Å². The molecule has 0 spiro atoms. The molecule has 1 aliphatic rings. The molecule has 0 N–H and O–H groups in total. The minimum Gasteiger partial charge on any atom is -0.493 e. The molecule has 0 bridgehead atoms. The van der Waals surface area contributed by atoms with Gasteiger partial charge in [0.15, 0.2) is 11.5 Å². The van der Waals surface area contributed by atoms with E-state index in [-0.39, 0.29) is 0 Å². The van der Waals surface area contributed by atoms with Crippen molar-refractivity contribution in [2.24, 2.45) is 0 Å². The monoisotopic (exact) mass is 411 g/mol. The van der Waals surface area contributed by atoms with E-state index in [4.69, 9.17) is 19.5 Å². The molecule has 1 saturated heterocycles. The fourth-order valence-corrected chi connectivity index (χ4v) is 3.47. The van der Waals surface area contributed by atoms with Crippen LogP contribution in [0.5, 0.6) is 11.5 Å². The van der Waals surface area contributed by atoms with Gasteiger partial charge in [-0.1, -0.05) is 0 Å². The van der Waals surface area contributed by atoms with Gasteiger partial charge in [0.05, 0.1) is 24.3 Å². The Bertz CT molecular complexity index is 584. The van der Waals surface area contributed by atoms with Crippen molar-refractivity contribution in [3.8, 4) is 17.6 Å². The zero-order valence-corrected chi connectivity index (χ0v) is 16.5. The number of ether oxygens (including phenoxy) is 3. The van der Waals surface area contributed by atoms with Crippen molar-refractivity contribution in [1.29, 1.82) is 5.26 Å². The molecule has 1 fully saturated rings. The first-order valence-corrected chi connectivity index (χ1v) is 9.27. The van der Waals surface area contributed by atoms with E-state index in [0.717, 1.165) is 49.5 Å². The molecule has 0 unspecified atom stereocenters. The van der Waals surface area contributed by atoms with E-state index in [0.29, 0.717) is 25.4 Å². The third-order valence-electron chi connectivity index (χ3n) is 4.23. The summed E-state index contributed by atoms with van der Waals surface area (Å²) in [5.41, 5.74) is 1.19. The molecule has 2 rings (SSSR count). The van der Waals surface area contributed by atoms with Crippen molar-refractivity contribution in [3.63, 3.8) is 0 Å². The molecular weight excluding hydrogens is 386 g/mol. The van der Waals surface area contributed by atoms with Crippen LogP contribution in [0.3, 0.4) is 0 Å². The molecule has 0 aromatic heterocycles. The molecule has 0 aliphatic carbocycles. The summed E-state index contributed by atoms with van der Waals surface area (Å²) in [6.07, 6.45) is 0.606. The van der Waals surface area contributed by atoms with Gasteiger partial charge in [0.25, 0.3) is 0 Å². The summed E-state index contributed by atoms with van der Waals surface area (Å²) in [4.78, 5) is 4.78. The van der Waals surface area contributed by atoms with Crippen LogP contribution in [0.4, 0.5) is 0 Å². The van der Waals surface area contributed by atoms with Crippen LogP contribution in [0.2, 0.25) is 0 Å². The van der Waals surface area contributed by atoms with E-state index in [2.05, 4.69) is 37.9 Å². The molecule has 1 aliphatic heterocycles. The van der Waals surface area contributed by atoms with Crippen LogP contribution in [0.25, 0.3) is 0 Å². The van der Waals surface area contributed by atoms with Gasteiger partial charge in [-0.05, 0) is 33.6 Å². The number of nitrogens with zero attached hydrogens (tertiary/aromatic N) is 3. The second kappa shape index (κ2) is 10.6. The summed E-state index contributed by atoms with van der Waals surface area (Å²) in [5, 5.41) is 8.69. The van der Waals surface area contributed by atoms with Gasteiger partial charge in [0, 0.05) is 52.8 Å². The van der Waals surface area contributed by atoms with Crippen LogP contribution in [-0.2, 0) is 11.3 Å². The number of methoxy groups -OCH3 is 2. The molecule has 1 aromatic rings. The molecule has 6 nitrogen and oxygen atoms in total. The first-order valence-electron chi connectivity index (χ1n) is 8.47. The largest absolute Gasteiger partial charge is 0.493 e. The second-order valence-electron chi connectivity index (χ2n) is 5.98. The highest BCUT2D eigenvalue weighted by molar-refractivity contribution is 9.10. The summed E-state index contributed by atoms with van der Waals surface area (Å²) in [6.45, 7) is 6.81. The number of piperazine rings is 1. The Labute approximate surface area is 158 Å². The van der Waals surface area contributed by atoms with E-state index in [1.165, 1.54) is 5.56 Å². The van der Waals surface area contributed by atoms with Gasteiger partial charge in [-0.2, -0.15) is 5.26 Å². The van der Waals surface area contributed by atoms with Crippen LogP contribution in [0.15, 0.2) is 16.6 Å². The highest BCUT2D eigenvalue weighted by atomic mass is 79.9.